The number of nitrogens with zero attached hydrogens (tertiary/aromatic N) is 2. The zero-order valence-corrected chi connectivity index (χ0v) is 19.6. The number of aromatic nitrogens is 2. The first-order valence-corrected chi connectivity index (χ1v) is 11.8. The second-order valence-electron chi connectivity index (χ2n) is 8.80. The summed E-state index contributed by atoms with van der Waals surface area (Å²) >= 11 is 6.03. The molecule has 6 nitrogen and oxygen atoms in total. The Bertz CT molecular complexity index is 1120. The number of aryl methyl sites for hydroxylation is 1. The molecule has 2 amide bonds. The average molecular weight is 465 g/mol. The molecule has 1 fully saturated rings. The Balaban J connectivity index is 1.31. The fourth-order valence-corrected chi connectivity index (χ4v) is 4.42. The van der Waals surface area contributed by atoms with Gasteiger partial charge in [0.1, 0.15) is 5.69 Å². The maximum absolute atomic E-state index is 12.6. The molecule has 3 aromatic rings. The zero-order valence-electron chi connectivity index (χ0n) is 18.8. The Kier molecular flexibility index (Phi) is 7.45. The minimum atomic E-state index is -0.282. The molecule has 1 aliphatic carbocycles. The summed E-state index contributed by atoms with van der Waals surface area (Å²) in [6, 6.07) is 13.2. The molecule has 0 spiro atoms. The van der Waals surface area contributed by atoms with Crippen LogP contribution >= 0.6 is 11.6 Å². The maximum atomic E-state index is 12.6. The molecule has 1 saturated carbocycles. The molecule has 4 rings (SSSR count). The summed E-state index contributed by atoms with van der Waals surface area (Å²) in [5.74, 6) is 0.332. The number of rotatable bonds is 7. The molecule has 0 saturated heterocycles. The lowest BCUT2D eigenvalue weighted by molar-refractivity contribution is -0.117. The van der Waals surface area contributed by atoms with Crippen LogP contribution in [0.25, 0.3) is 0 Å². The van der Waals surface area contributed by atoms with Crippen LogP contribution in [0.4, 0.5) is 11.4 Å². The van der Waals surface area contributed by atoms with E-state index >= 15 is 0 Å². The van der Waals surface area contributed by atoms with Crippen LogP contribution in [0.1, 0.15) is 60.1 Å². The van der Waals surface area contributed by atoms with Gasteiger partial charge in [-0.25, -0.2) is 4.98 Å². The number of nitrogens with one attached hydrogen (secondary N) is 2. The summed E-state index contributed by atoms with van der Waals surface area (Å²) in [5, 5.41) is 6.44. The normalized spacial score (nSPS) is 14.1. The quantitative estimate of drug-likeness (QED) is 0.446. The third-order valence-electron chi connectivity index (χ3n) is 6.12. The van der Waals surface area contributed by atoms with Crippen molar-refractivity contribution in [2.75, 3.05) is 10.6 Å². The number of carbonyl (C=O) groups excluding carboxylic acids is 2. The van der Waals surface area contributed by atoms with E-state index in [4.69, 9.17) is 11.6 Å². The molecule has 1 aromatic heterocycles. The van der Waals surface area contributed by atoms with Crippen LogP contribution in [0.15, 0.2) is 55.0 Å². The number of amides is 2. The smallest absolute Gasteiger partial charge is 0.275 e. The van der Waals surface area contributed by atoms with Gasteiger partial charge in [0.05, 0.1) is 6.33 Å². The highest BCUT2D eigenvalue weighted by Crippen LogP contribution is 2.26. The van der Waals surface area contributed by atoms with Gasteiger partial charge in [-0.15, -0.1) is 0 Å². The van der Waals surface area contributed by atoms with Crippen LogP contribution in [-0.4, -0.2) is 21.4 Å². The molecule has 0 bridgehead atoms. The van der Waals surface area contributed by atoms with E-state index in [-0.39, 0.29) is 11.8 Å². The van der Waals surface area contributed by atoms with Gasteiger partial charge in [0, 0.05) is 35.6 Å². The summed E-state index contributed by atoms with van der Waals surface area (Å²) in [6.07, 6.45) is 10.1. The molecule has 0 atom stereocenters. The number of imidazole rings is 1. The van der Waals surface area contributed by atoms with Crippen molar-refractivity contribution in [3.05, 3.63) is 76.8 Å². The zero-order chi connectivity index (χ0) is 23.2. The third kappa shape index (κ3) is 6.45. The van der Waals surface area contributed by atoms with E-state index in [0.29, 0.717) is 35.3 Å². The van der Waals surface area contributed by atoms with Gasteiger partial charge in [-0.1, -0.05) is 49.1 Å². The van der Waals surface area contributed by atoms with Gasteiger partial charge in [0.2, 0.25) is 5.91 Å². The van der Waals surface area contributed by atoms with Crippen molar-refractivity contribution in [3.63, 3.8) is 0 Å². The summed E-state index contributed by atoms with van der Waals surface area (Å²) in [6.45, 7) is 2.49. The molecule has 1 heterocycles. The van der Waals surface area contributed by atoms with Crippen molar-refractivity contribution in [1.82, 2.24) is 9.55 Å². The molecule has 1 aliphatic rings. The topological polar surface area (TPSA) is 76.0 Å². The molecule has 0 radical (unpaired) electrons. The highest BCUT2D eigenvalue weighted by molar-refractivity contribution is 6.31. The van der Waals surface area contributed by atoms with E-state index in [0.717, 1.165) is 29.7 Å². The number of hydrogen-bond donors (Lipinski definition) is 2. The molecule has 7 heteroatoms. The number of anilines is 2. The largest absolute Gasteiger partial charge is 0.332 e. The monoisotopic (exact) mass is 464 g/mol. The van der Waals surface area contributed by atoms with E-state index in [9.17, 15) is 9.59 Å². The van der Waals surface area contributed by atoms with Crippen molar-refractivity contribution in [1.29, 1.82) is 0 Å². The van der Waals surface area contributed by atoms with Crippen molar-refractivity contribution < 1.29 is 9.59 Å². The fraction of sp³-hybridized carbons (Fsp3) is 0.346. The van der Waals surface area contributed by atoms with Crippen LogP contribution in [0.5, 0.6) is 0 Å². The first-order chi connectivity index (χ1) is 16.0. The number of carbonyl (C=O) groups is 2. The first kappa shape index (κ1) is 23.1. The van der Waals surface area contributed by atoms with Gasteiger partial charge in [-0.2, -0.15) is 0 Å². The highest BCUT2D eigenvalue weighted by Gasteiger charge is 2.17. The highest BCUT2D eigenvalue weighted by atomic mass is 35.5. The number of halogens is 1. The second-order valence-corrected chi connectivity index (χ2v) is 9.23. The van der Waals surface area contributed by atoms with E-state index in [2.05, 4.69) is 15.6 Å². The van der Waals surface area contributed by atoms with Crippen molar-refractivity contribution in [2.45, 2.75) is 52.0 Å². The van der Waals surface area contributed by atoms with E-state index < -0.39 is 0 Å². The summed E-state index contributed by atoms with van der Waals surface area (Å²) < 4.78 is 1.86. The maximum Gasteiger partial charge on any atom is 0.275 e. The molecule has 0 aliphatic heterocycles. The van der Waals surface area contributed by atoms with E-state index in [1.165, 1.54) is 19.3 Å². The van der Waals surface area contributed by atoms with Crippen molar-refractivity contribution in [2.24, 2.45) is 5.92 Å². The molecular formula is C26H29ClN4O2. The summed E-state index contributed by atoms with van der Waals surface area (Å²) in [4.78, 5) is 29.1. The van der Waals surface area contributed by atoms with Crippen molar-refractivity contribution in [3.8, 4) is 0 Å². The lowest BCUT2D eigenvalue weighted by Crippen LogP contribution is -2.18. The van der Waals surface area contributed by atoms with Crippen LogP contribution in [0, 0.1) is 12.8 Å². The van der Waals surface area contributed by atoms with E-state index in [1.54, 1.807) is 24.7 Å². The Labute approximate surface area is 199 Å². The van der Waals surface area contributed by atoms with Crippen LogP contribution < -0.4 is 10.6 Å². The lowest BCUT2D eigenvalue weighted by Gasteiger charge is -2.20. The van der Waals surface area contributed by atoms with Gasteiger partial charge in [-0.3, -0.25) is 9.59 Å². The molecular weight excluding hydrogens is 436 g/mol. The molecule has 0 unspecified atom stereocenters. The summed E-state index contributed by atoms with van der Waals surface area (Å²) in [7, 11) is 0. The van der Waals surface area contributed by atoms with Gasteiger partial charge in [0.25, 0.3) is 5.91 Å². The van der Waals surface area contributed by atoms with Crippen LogP contribution in [0.3, 0.4) is 0 Å². The predicted molar refractivity (Wildman–Crippen MR) is 132 cm³/mol. The number of benzene rings is 2. The second kappa shape index (κ2) is 10.7. The lowest BCUT2D eigenvalue weighted by atomic mass is 9.87. The summed E-state index contributed by atoms with van der Waals surface area (Å²) in [5.41, 5.74) is 3.79. The van der Waals surface area contributed by atoms with Gasteiger partial charge in [0.15, 0.2) is 0 Å². The van der Waals surface area contributed by atoms with E-state index in [1.807, 2.05) is 41.8 Å². The third-order valence-corrected chi connectivity index (χ3v) is 6.35. The van der Waals surface area contributed by atoms with Gasteiger partial charge >= 0.3 is 0 Å². The predicted octanol–water partition coefficient (Wildman–Crippen LogP) is 6.05. The first-order valence-electron chi connectivity index (χ1n) is 11.4. The van der Waals surface area contributed by atoms with Crippen LogP contribution in [-0.2, 0) is 11.3 Å². The van der Waals surface area contributed by atoms with Gasteiger partial charge in [-0.05, 0) is 61.1 Å². The van der Waals surface area contributed by atoms with Crippen LogP contribution in [0.2, 0.25) is 5.02 Å². The van der Waals surface area contributed by atoms with Crippen molar-refractivity contribution >= 4 is 34.8 Å². The molecule has 2 aromatic carbocycles. The minimum absolute atomic E-state index is 0.0925. The SMILES string of the molecule is Cc1ccc(Cl)cc1NC(=O)c1cn(Cc2ccc(NC(=O)CC3CCCCC3)cc2)cn1. The Morgan fingerprint density at radius 3 is 2.58 bits per heavy atom. The Morgan fingerprint density at radius 2 is 1.82 bits per heavy atom. The standard InChI is InChI=1S/C26H29ClN4O2/c1-18-7-10-21(27)14-23(18)30-26(33)24-16-31(17-28-24)15-20-8-11-22(12-9-20)29-25(32)13-19-5-3-2-4-6-19/h7-12,14,16-17,19H,2-6,13,15H2,1H3,(H,29,32)(H,30,33). The fourth-order valence-electron chi connectivity index (χ4n) is 4.25. The minimum Gasteiger partial charge on any atom is -0.332 e. The average Bonchev–Trinajstić information content (AvgIpc) is 3.27. The molecule has 172 valence electrons. The Morgan fingerprint density at radius 1 is 1.06 bits per heavy atom. The Hall–Kier alpha value is -3.12. The molecule has 33 heavy (non-hydrogen) atoms. The van der Waals surface area contributed by atoms with Gasteiger partial charge < -0.3 is 15.2 Å². The molecule has 2 N–H and O–H groups in total. The number of hydrogen-bond acceptors (Lipinski definition) is 3.